The monoisotopic (exact) mass is 302 g/mol. The molecule has 1 aliphatic carbocycles. The molecule has 0 aromatic heterocycles. The molecule has 118 valence electrons. The lowest BCUT2D eigenvalue weighted by atomic mass is 9.89. The molecule has 5 heteroatoms. The number of imide groups is 1. The number of aliphatic hydroxyl groups is 1. The van der Waals surface area contributed by atoms with Crippen LogP contribution in [0.15, 0.2) is 18.2 Å². The summed E-state index contributed by atoms with van der Waals surface area (Å²) in [5.74, 6) is -0.308. The molecule has 0 bridgehead atoms. The number of hydrogen-bond donors (Lipinski definition) is 2. The van der Waals surface area contributed by atoms with E-state index in [-0.39, 0.29) is 12.5 Å². The summed E-state index contributed by atoms with van der Waals surface area (Å²) < 4.78 is 0. The average Bonchev–Trinajstić information content (AvgIpc) is 2.96. The van der Waals surface area contributed by atoms with Crippen LogP contribution in [0.2, 0.25) is 0 Å². The Kier molecular flexibility index (Phi) is 3.29. The molecule has 1 unspecified atom stereocenters. The third kappa shape index (κ3) is 2.39. The van der Waals surface area contributed by atoms with Crippen molar-refractivity contribution in [3.05, 3.63) is 34.9 Å². The summed E-state index contributed by atoms with van der Waals surface area (Å²) in [5.41, 5.74) is 1.24. The molecule has 0 saturated carbocycles. The minimum absolute atomic E-state index is 0.0157. The van der Waals surface area contributed by atoms with Crippen LogP contribution in [0.1, 0.15) is 43.9 Å². The standard InChI is InChI=1S/C17H22N2O3/c1-16(2,22)10-19-14(20)17(3,18-15(19)21)13-8-7-11-5-4-6-12(11)9-13/h7-9,22H,4-6,10H2,1-3H3,(H,18,21). The molecule has 0 spiro atoms. The maximum atomic E-state index is 12.7. The van der Waals surface area contributed by atoms with Crippen LogP contribution in [0.4, 0.5) is 4.79 Å². The van der Waals surface area contributed by atoms with Crippen LogP contribution in [0.5, 0.6) is 0 Å². The van der Waals surface area contributed by atoms with Crippen LogP contribution >= 0.6 is 0 Å². The Hall–Kier alpha value is -1.88. The number of fused-ring (bicyclic) bond motifs is 1. The summed E-state index contributed by atoms with van der Waals surface area (Å²) in [6.07, 6.45) is 3.24. The van der Waals surface area contributed by atoms with E-state index in [0.717, 1.165) is 29.7 Å². The summed E-state index contributed by atoms with van der Waals surface area (Å²) in [4.78, 5) is 26.0. The maximum absolute atomic E-state index is 12.7. The number of β-amino-alcohol motifs (C(OH)–C–C–N with tert-alkyl or cyclic N) is 1. The normalized spacial score (nSPS) is 24.6. The van der Waals surface area contributed by atoms with Crippen LogP contribution in [-0.4, -0.2) is 34.1 Å². The predicted molar refractivity (Wildman–Crippen MR) is 82.4 cm³/mol. The molecule has 1 heterocycles. The molecule has 1 atom stereocenters. The Morgan fingerprint density at radius 1 is 1.27 bits per heavy atom. The van der Waals surface area contributed by atoms with Gasteiger partial charge in [-0.2, -0.15) is 0 Å². The third-order valence-corrected chi connectivity index (χ3v) is 4.50. The van der Waals surface area contributed by atoms with E-state index < -0.39 is 17.2 Å². The number of benzene rings is 1. The molecule has 2 N–H and O–H groups in total. The molecule has 2 aliphatic rings. The first-order valence-electron chi connectivity index (χ1n) is 7.69. The number of nitrogens with zero attached hydrogens (tertiary/aromatic N) is 1. The van der Waals surface area contributed by atoms with Gasteiger partial charge in [-0.1, -0.05) is 18.2 Å². The molecule has 3 rings (SSSR count). The lowest BCUT2D eigenvalue weighted by Crippen LogP contribution is -2.44. The Morgan fingerprint density at radius 2 is 1.95 bits per heavy atom. The van der Waals surface area contributed by atoms with Gasteiger partial charge in [0.2, 0.25) is 0 Å². The van der Waals surface area contributed by atoms with E-state index in [9.17, 15) is 14.7 Å². The van der Waals surface area contributed by atoms with Gasteiger partial charge in [-0.05, 0) is 56.7 Å². The van der Waals surface area contributed by atoms with Gasteiger partial charge in [0.05, 0.1) is 12.1 Å². The summed E-state index contributed by atoms with van der Waals surface area (Å²) in [6, 6.07) is 5.57. The maximum Gasteiger partial charge on any atom is 0.325 e. The fourth-order valence-electron chi connectivity index (χ4n) is 3.31. The highest BCUT2D eigenvalue weighted by atomic mass is 16.3. The molecule has 1 aromatic rings. The Morgan fingerprint density at radius 3 is 2.64 bits per heavy atom. The number of hydrogen-bond acceptors (Lipinski definition) is 3. The molecule has 1 aromatic carbocycles. The highest BCUT2D eigenvalue weighted by Gasteiger charge is 2.50. The minimum Gasteiger partial charge on any atom is -0.389 e. The van der Waals surface area contributed by atoms with Crippen molar-refractivity contribution in [1.82, 2.24) is 10.2 Å². The van der Waals surface area contributed by atoms with Crippen molar-refractivity contribution in [3.63, 3.8) is 0 Å². The lowest BCUT2D eigenvalue weighted by Gasteiger charge is -2.25. The van der Waals surface area contributed by atoms with Crippen molar-refractivity contribution >= 4 is 11.9 Å². The number of nitrogens with one attached hydrogen (secondary N) is 1. The highest BCUT2D eigenvalue weighted by molar-refractivity contribution is 6.07. The van der Waals surface area contributed by atoms with Gasteiger partial charge in [-0.25, -0.2) is 4.79 Å². The van der Waals surface area contributed by atoms with Gasteiger partial charge in [0, 0.05) is 0 Å². The molecule has 3 amide bonds. The molecule has 1 saturated heterocycles. The van der Waals surface area contributed by atoms with E-state index >= 15 is 0 Å². The summed E-state index contributed by atoms with van der Waals surface area (Å²) in [6.45, 7) is 4.88. The van der Waals surface area contributed by atoms with E-state index in [2.05, 4.69) is 11.4 Å². The van der Waals surface area contributed by atoms with E-state index in [1.54, 1.807) is 20.8 Å². The van der Waals surface area contributed by atoms with E-state index in [4.69, 9.17) is 0 Å². The molecule has 22 heavy (non-hydrogen) atoms. The lowest BCUT2D eigenvalue weighted by molar-refractivity contribution is -0.133. The molecule has 1 fully saturated rings. The number of carbonyl (C=O) groups is 2. The van der Waals surface area contributed by atoms with Crippen molar-refractivity contribution in [2.45, 2.75) is 51.2 Å². The van der Waals surface area contributed by atoms with Gasteiger partial charge in [0.1, 0.15) is 5.54 Å². The number of carbonyl (C=O) groups excluding carboxylic acids is 2. The largest absolute Gasteiger partial charge is 0.389 e. The third-order valence-electron chi connectivity index (χ3n) is 4.50. The average molecular weight is 302 g/mol. The molecular formula is C17H22N2O3. The Balaban J connectivity index is 1.93. The summed E-state index contributed by atoms with van der Waals surface area (Å²) in [5, 5.41) is 12.7. The van der Waals surface area contributed by atoms with Crippen LogP contribution in [-0.2, 0) is 23.2 Å². The van der Waals surface area contributed by atoms with Crippen molar-refractivity contribution in [3.8, 4) is 0 Å². The van der Waals surface area contributed by atoms with Crippen LogP contribution in [0.3, 0.4) is 0 Å². The Labute approximate surface area is 130 Å². The van der Waals surface area contributed by atoms with E-state index in [0.29, 0.717) is 0 Å². The van der Waals surface area contributed by atoms with Crippen LogP contribution in [0.25, 0.3) is 0 Å². The summed E-state index contributed by atoms with van der Waals surface area (Å²) in [7, 11) is 0. The second kappa shape index (κ2) is 4.81. The second-order valence-electron chi connectivity index (χ2n) is 7.10. The van der Waals surface area contributed by atoms with Crippen molar-refractivity contribution < 1.29 is 14.7 Å². The van der Waals surface area contributed by atoms with Gasteiger partial charge >= 0.3 is 6.03 Å². The van der Waals surface area contributed by atoms with Gasteiger partial charge in [-0.3, -0.25) is 9.69 Å². The molecular weight excluding hydrogens is 280 g/mol. The first kappa shape index (κ1) is 15.0. The topological polar surface area (TPSA) is 69.6 Å². The fraction of sp³-hybridized carbons (Fsp3) is 0.529. The zero-order valence-electron chi connectivity index (χ0n) is 13.3. The van der Waals surface area contributed by atoms with E-state index in [1.165, 1.54) is 11.1 Å². The van der Waals surface area contributed by atoms with Crippen LogP contribution in [0, 0.1) is 0 Å². The molecule has 1 aliphatic heterocycles. The molecule has 5 nitrogen and oxygen atoms in total. The van der Waals surface area contributed by atoms with Gasteiger partial charge in [0.15, 0.2) is 0 Å². The van der Waals surface area contributed by atoms with Crippen molar-refractivity contribution in [2.24, 2.45) is 0 Å². The second-order valence-corrected chi connectivity index (χ2v) is 7.10. The SMILES string of the molecule is CC(C)(O)CN1C(=O)NC(C)(c2ccc3c(c2)CCC3)C1=O. The number of aryl methyl sites for hydroxylation is 2. The fourth-order valence-corrected chi connectivity index (χ4v) is 3.31. The van der Waals surface area contributed by atoms with Crippen LogP contribution < -0.4 is 5.32 Å². The molecule has 0 radical (unpaired) electrons. The number of rotatable bonds is 3. The first-order chi connectivity index (χ1) is 10.2. The number of urea groups is 1. The first-order valence-corrected chi connectivity index (χ1v) is 7.69. The summed E-state index contributed by atoms with van der Waals surface area (Å²) >= 11 is 0. The van der Waals surface area contributed by atoms with Crippen molar-refractivity contribution in [1.29, 1.82) is 0 Å². The zero-order valence-corrected chi connectivity index (χ0v) is 13.3. The Bertz CT molecular complexity index is 648. The number of amides is 3. The highest BCUT2D eigenvalue weighted by Crippen LogP contribution is 2.33. The smallest absolute Gasteiger partial charge is 0.325 e. The minimum atomic E-state index is -1.11. The van der Waals surface area contributed by atoms with Crippen molar-refractivity contribution in [2.75, 3.05) is 6.54 Å². The van der Waals surface area contributed by atoms with Gasteiger partial charge < -0.3 is 10.4 Å². The van der Waals surface area contributed by atoms with Gasteiger partial charge in [0.25, 0.3) is 5.91 Å². The zero-order chi connectivity index (χ0) is 16.1. The predicted octanol–water partition coefficient (Wildman–Crippen LogP) is 1.71. The quantitative estimate of drug-likeness (QED) is 0.835. The van der Waals surface area contributed by atoms with E-state index in [1.807, 2.05) is 12.1 Å². The van der Waals surface area contributed by atoms with Gasteiger partial charge in [-0.15, -0.1) is 0 Å².